The molecule has 8 heteroatoms. The molecule has 1 N–H and O–H groups in total. The summed E-state index contributed by atoms with van der Waals surface area (Å²) in [6.07, 6.45) is 1.10. The van der Waals surface area contributed by atoms with Crippen LogP contribution in [-0.2, 0) is 9.53 Å². The number of hydrogen-bond acceptors (Lipinski definition) is 6. The van der Waals surface area contributed by atoms with Gasteiger partial charge in [0.25, 0.3) is 0 Å². The van der Waals surface area contributed by atoms with E-state index in [1.165, 1.54) is 11.8 Å². The average Bonchev–Trinajstić information content (AvgIpc) is 3.23. The van der Waals surface area contributed by atoms with Crippen molar-refractivity contribution in [2.75, 3.05) is 25.4 Å². The number of nitrogens with zero attached hydrogens (tertiary/aromatic N) is 3. The van der Waals surface area contributed by atoms with E-state index in [9.17, 15) is 4.79 Å². The zero-order valence-electron chi connectivity index (χ0n) is 12.3. The van der Waals surface area contributed by atoms with Crippen molar-refractivity contribution in [2.45, 2.75) is 24.6 Å². The van der Waals surface area contributed by atoms with Crippen molar-refractivity contribution in [2.24, 2.45) is 0 Å². The van der Waals surface area contributed by atoms with Crippen LogP contribution in [0.4, 0.5) is 0 Å². The van der Waals surface area contributed by atoms with Crippen LogP contribution in [0.25, 0.3) is 10.7 Å². The molecule has 0 radical (unpaired) electrons. The molecule has 0 unspecified atom stereocenters. The van der Waals surface area contributed by atoms with Gasteiger partial charge in [0.1, 0.15) is 0 Å². The largest absolute Gasteiger partial charge is 0.375 e. The van der Waals surface area contributed by atoms with Gasteiger partial charge in [-0.15, -0.1) is 16.4 Å². The molecule has 2 aromatic heterocycles. The molecule has 3 heterocycles. The summed E-state index contributed by atoms with van der Waals surface area (Å²) in [5.41, 5.74) is 0. The summed E-state index contributed by atoms with van der Waals surface area (Å²) in [5, 5.41) is 9.67. The molecule has 0 saturated carbocycles. The summed E-state index contributed by atoms with van der Waals surface area (Å²) >= 11 is 2.98. The van der Waals surface area contributed by atoms with Crippen molar-refractivity contribution in [1.82, 2.24) is 20.1 Å². The quantitative estimate of drug-likeness (QED) is 0.847. The molecule has 1 amide bonds. The van der Waals surface area contributed by atoms with Crippen molar-refractivity contribution in [1.29, 1.82) is 0 Å². The molecule has 1 aliphatic heterocycles. The summed E-state index contributed by atoms with van der Waals surface area (Å²) < 4.78 is 5.59. The Morgan fingerprint density at radius 1 is 1.64 bits per heavy atom. The molecule has 1 atom stereocenters. The number of morpholine rings is 1. The molecule has 22 heavy (non-hydrogen) atoms. The Bertz CT molecular complexity index is 614. The van der Waals surface area contributed by atoms with E-state index in [1.54, 1.807) is 11.3 Å². The lowest BCUT2D eigenvalue weighted by atomic mass is 10.2. The van der Waals surface area contributed by atoms with Crippen molar-refractivity contribution in [3.8, 4) is 10.7 Å². The number of amides is 1. The zero-order chi connectivity index (χ0) is 15.4. The Morgan fingerprint density at radius 2 is 2.55 bits per heavy atom. The second-order valence-corrected chi connectivity index (χ2v) is 6.86. The lowest BCUT2D eigenvalue weighted by molar-refractivity contribution is -0.135. The molecule has 3 rings (SSSR count). The van der Waals surface area contributed by atoms with E-state index < -0.39 is 0 Å². The number of aromatic nitrogens is 3. The van der Waals surface area contributed by atoms with Gasteiger partial charge in [0.05, 0.1) is 23.3 Å². The van der Waals surface area contributed by atoms with Gasteiger partial charge in [-0.1, -0.05) is 24.8 Å². The smallest absolute Gasteiger partial charge is 0.233 e. The van der Waals surface area contributed by atoms with Gasteiger partial charge in [0.2, 0.25) is 11.1 Å². The Labute approximate surface area is 137 Å². The van der Waals surface area contributed by atoms with Crippen LogP contribution in [0.3, 0.4) is 0 Å². The number of H-pyrrole nitrogens is 1. The highest BCUT2D eigenvalue weighted by atomic mass is 32.2. The van der Waals surface area contributed by atoms with E-state index in [2.05, 4.69) is 22.1 Å². The number of carbonyl (C=O) groups is 1. The Kier molecular flexibility index (Phi) is 5.12. The molecular weight excluding hydrogens is 320 g/mol. The van der Waals surface area contributed by atoms with Crippen LogP contribution in [0.1, 0.15) is 13.3 Å². The monoisotopic (exact) mass is 338 g/mol. The molecule has 1 saturated heterocycles. The molecule has 118 valence electrons. The first-order chi connectivity index (χ1) is 10.8. The standard InChI is InChI=1S/C14H18N4O2S2/c1-2-10-8-18(5-6-20-10)12(19)9-22-14-15-13(16-17-14)11-4-3-7-21-11/h3-4,7,10H,2,5-6,8-9H2,1H3,(H,15,16,17)/t10-/m1/s1. The van der Waals surface area contributed by atoms with Crippen LogP contribution in [0, 0.1) is 0 Å². The third-order valence-electron chi connectivity index (χ3n) is 3.49. The molecule has 6 nitrogen and oxygen atoms in total. The maximum atomic E-state index is 12.3. The first kappa shape index (κ1) is 15.5. The molecule has 0 spiro atoms. The third kappa shape index (κ3) is 3.68. The zero-order valence-corrected chi connectivity index (χ0v) is 14.0. The minimum atomic E-state index is 0.120. The SMILES string of the molecule is CC[C@@H]1CN(C(=O)CSc2n[nH]c(-c3cccs3)n2)CCO1. The molecule has 0 aliphatic carbocycles. The molecular formula is C14H18N4O2S2. The summed E-state index contributed by atoms with van der Waals surface area (Å²) in [4.78, 5) is 19.6. The van der Waals surface area contributed by atoms with Gasteiger partial charge in [-0.3, -0.25) is 9.89 Å². The van der Waals surface area contributed by atoms with Gasteiger partial charge in [-0.25, -0.2) is 4.98 Å². The van der Waals surface area contributed by atoms with Crippen molar-refractivity contribution in [3.05, 3.63) is 17.5 Å². The number of thioether (sulfide) groups is 1. The van der Waals surface area contributed by atoms with Gasteiger partial charge in [0, 0.05) is 13.1 Å². The number of nitrogens with one attached hydrogen (secondary N) is 1. The summed E-state index contributed by atoms with van der Waals surface area (Å²) in [6, 6.07) is 3.96. The lowest BCUT2D eigenvalue weighted by Crippen LogP contribution is -2.46. The Balaban J connectivity index is 1.53. The van der Waals surface area contributed by atoms with Crippen molar-refractivity contribution < 1.29 is 9.53 Å². The molecule has 0 aromatic carbocycles. The normalized spacial score (nSPS) is 18.6. The molecule has 2 aromatic rings. The number of hydrogen-bond donors (Lipinski definition) is 1. The van der Waals surface area contributed by atoms with Crippen LogP contribution in [0.2, 0.25) is 0 Å². The van der Waals surface area contributed by atoms with Crippen LogP contribution >= 0.6 is 23.1 Å². The number of rotatable bonds is 5. The fourth-order valence-corrected chi connectivity index (χ4v) is 3.61. The third-order valence-corrected chi connectivity index (χ3v) is 5.20. The van der Waals surface area contributed by atoms with E-state index in [1.807, 2.05) is 22.4 Å². The van der Waals surface area contributed by atoms with Gasteiger partial charge >= 0.3 is 0 Å². The topological polar surface area (TPSA) is 71.1 Å². The minimum absolute atomic E-state index is 0.120. The summed E-state index contributed by atoms with van der Waals surface area (Å²) in [5.74, 6) is 1.23. The van der Waals surface area contributed by atoms with Crippen LogP contribution < -0.4 is 0 Å². The first-order valence-electron chi connectivity index (χ1n) is 7.24. The van der Waals surface area contributed by atoms with E-state index >= 15 is 0 Å². The first-order valence-corrected chi connectivity index (χ1v) is 9.11. The maximum absolute atomic E-state index is 12.3. The maximum Gasteiger partial charge on any atom is 0.233 e. The van der Waals surface area contributed by atoms with E-state index in [-0.39, 0.29) is 12.0 Å². The van der Waals surface area contributed by atoms with Crippen molar-refractivity contribution >= 4 is 29.0 Å². The second kappa shape index (κ2) is 7.26. The number of aromatic amines is 1. The Hall–Kier alpha value is -1.38. The number of thiophene rings is 1. The van der Waals surface area contributed by atoms with Gasteiger partial charge in [-0.2, -0.15) is 0 Å². The highest BCUT2D eigenvalue weighted by molar-refractivity contribution is 7.99. The van der Waals surface area contributed by atoms with E-state index in [0.717, 1.165) is 17.1 Å². The van der Waals surface area contributed by atoms with Crippen LogP contribution in [0.5, 0.6) is 0 Å². The summed E-state index contributed by atoms with van der Waals surface area (Å²) in [6.45, 7) is 4.06. The second-order valence-electron chi connectivity index (χ2n) is 4.97. The Morgan fingerprint density at radius 3 is 3.32 bits per heavy atom. The van der Waals surface area contributed by atoms with E-state index in [0.29, 0.717) is 30.6 Å². The average molecular weight is 338 g/mol. The van der Waals surface area contributed by atoms with Crippen LogP contribution in [0.15, 0.2) is 22.7 Å². The highest BCUT2D eigenvalue weighted by Crippen LogP contribution is 2.23. The van der Waals surface area contributed by atoms with Crippen LogP contribution in [-0.4, -0.2) is 57.5 Å². The predicted molar refractivity (Wildman–Crippen MR) is 87.0 cm³/mol. The highest BCUT2D eigenvalue weighted by Gasteiger charge is 2.23. The van der Waals surface area contributed by atoms with Gasteiger partial charge in [0.15, 0.2) is 5.82 Å². The van der Waals surface area contributed by atoms with Gasteiger partial charge in [-0.05, 0) is 17.9 Å². The molecule has 0 bridgehead atoms. The van der Waals surface area contributed by atoms with Crippen molar-refractivity contribution in [3.63, 3.8) is 0 Å². The van der Waals surface area contributed by atoms with E-state index in [4.69, 9.17) is 4.74 Å². The summed E-state index contributed by atoms with van der Waals surface area (Å²) in [7, 11) is 0. The minimum Gasteiger partial charge on any atom is -0.375 e. The number of ether oxygens (including phenoxy) is 1. The predicted octanol–water partition coefficient (Wildman–Crippen LogP) is 2.26. The lowest BCUT2D eigenvalue weighted by Gasteiger charge is -2.32. The molecule has 1 fully saturated rings. The number of carbonyl (C=O) groups excluding carboxylic acids is 1. The van der Waals surface area contributed by atoms with Gasteiger partial charge < -0.3 is 9.64 Å². The molecule has 1 aliphatic rings. The fraction of sp³-hybridized carbons (Fsp3) is 0.500. The fourth-order valence-electron chi connectivity index (χ4n) is 2.24.